The maximum Gasteiger partial charge on any atom is 0.412 e. The first-order valence-electron chi connectivity index (χ1n) is 11.2. The summed E-state index contributed by atoms with van der Waals surface area (Å²) >= 11 is 6.20. The van der Waals surface area contributed by atoms with Gasteiger partial charge < -0.3 is 19.4 Å². The number of carbonyl (C=O) groups is 2. The second kappa shape index (κ2) is 10.1. The number of aliphatic carboxylic acids is 1. The summed E-state index contributed by atoms with van der Waals surface area (Å²) in [4.78, 5) is 35.7. The van der Waals surface area contributed by atoms with Crippen molar-refractivity contribution >= 4 is 40.4 Å². The van der Waals surface area contributed by atoms with Gasteiger partial charge in [0.25, 0.3) is 0 Å². The van der Waals surface area contributed by atoms with Crippen LogP contribution in [0.3, 0.4) is 0 Å². The van der Waals surface area contributed by atoms with E-state index < -0.39 is 18.2 Å². The molecule has 5 rings (SSSR count). The summed E-state index contributed by atoms with van der Waals surface area (Å²) in [7, 11) is 0. The molecule has 10 nitrogen and oxygen atoms in total. The molecule has 3 N–H and O–H groups in total. The molecule has 186 valence electrons. The number of benzene rings is 2. The summed E-state index contributed by atoms with van der Waals surface area (Å²) in [6.45, 7) is 1.72. The quantitative estimate of drug-likeness (QED) is 0.243. The van der Waals surface area contributed by atoms with E-state index in [-0.39, 0.29) is 17.9 Å². The topological polar surface area (TPSA) is 143 Å². The number of carbonyl (C=O) groups excluding carboxylic acids is 1. The number of nitrogens with zero attached hydrogens (tertiary/aromatic N) is 3. The van der Waals surface area contributed by atoms with E-state index in [0.717, 1.165) is 5.56 Å². The highest BCUT2D eigenvalue weighted by molar-refractivity contribution is 6.31. The summed E-state index contributed by atoms with van der Waals surface area (Å²) in [6, 6.07) is 14.2. The van der Waals surface area contributed by atoms with Crippen LogP contribution < -0.4 is 5.32 Å². The van der Waals surface area contributed by atoms with E-state index in [1.807, 2.05) is 6.07 Å². The van der Waals surface area contributed by atoms with Gasteiger partial charge in [-0.3, -0.25) is 15.1 Å². The molecule has 1 atom stereocenters. The van der Waals surface area contributed by atoms with Gasteiger partial charge in [-0.15, -0.1) is 0 Å². The van der Waals surface area contributed by atoms with Crippen molar-refractivity contribution in [2.45, 2.75) is 19.4 Å². The van der Waals surface area contributed by atoms with Crippen LogP contribution in [-0.2, 0) is 16.0 Å². The largest absolute Gasteiger partial charge is 0.481 e. The molecule has 0 saturated heterocycles. The molecule has 11 heteroatoms. The van der Waals surface area contributed by atoms with Gasteiger partial charge in [-0.1, -0.05) is 59.2 Å². The molecular weight excluding hydrogens is 498 g/mol. The van der Waals surface area contributed by atoms with Crippen molar-refractivity contribution in [3.05, 3.63) is 83.4 Å². The lowest BCUT2D eigenvalue weighted by atomic mass is 10.0. The number of hydrogen-bond donors (Lipinski definition) is 3. The van der Waals surface area contributed by atoms with Crippen molar-refractivity contribution < 1.29 is 24.0 Å². The second-order valence-corrected chi connectivity index (χ2v) is 8.58. The maximum atomic E-state index is 12.6. The normalized spacial score (nSPS) is 11.8. The van der Waals surface area contributed by atoms with Gasteiger partial charge in [0.1, 0.15) is 17.3 Å². The number of imidazole rings is 1. The molecule has 0 aliphatic heterocycles. The Morgan fingerprint density at radius 3 is 2.68 bits per heavy atom. The fourth-order valence-electron chi connectivity index (χ4n) is 3.97. The number of nitrogens with one attached hydrogen (secondary N) is 2. The first kappa shape index (κ1) is 24.0. The van der Waals surface area contributed by atoms with Gasteiger partial charge in [0.05, 0.1) is 35.7 Å². The van der Waals surface area contributed by atoms with Crippen LogP contribution in [0.5, 0.6) is 0 Å². The fourth-order valence-corrected chi connectivity index (χ4v) is 4.25. The predicted molar refractivity (Wildman–Crippen MR) is 136 cm³/mol. The summed E-state index contributed by atoms with van der Waals surface area (Å²) in [5, 5.41) is 16.0. The zero-order valence-corrected chi connectivity index (χ0v) is 20.2. The van der Waals surface area contributed by atoms with Crippen LogP contribution in [-0.4, -0.2) is 37.3 Å². The lowest BCUT2D eigenvalue weighted by Crippen LogP contribution is -2.16. The van der Waals surface area contributed by atoms with E-state index >= 15 is 0 Å². The van der Waals surface area contributed by atoms with Crippen LogP contribution in [0, 0.1) is 0 Å². The number of ether oxygens (including phenoxy) is 1. The summed E-state index contributed by atoms with van der Waals surface area (Å²) < 4.78 is 10.9. The highest BCUT2D eigenvalue weighted by Gasteiger charge is 2.22. The average Bonchev–Trinajstić information content (AvgIpc) is 3.54. The molecule has 0 radical (unpaired) electrons. The number of halogens is 1. The molecule has 0 spiro atoms. The number of amides is 1. The standard InChI is InChI=1S/C26H20ClN5O5/c1-14(17-4-2-3-5-19(17)27)36-26(35)32-20-12-31-37-25(20)18-11-28-22(24-23(18)29-13-30-24)16-8-6-15(7-9-16)10-21(33)34/h2-9,11-14H,10H2,1H3,(H,29,30)(H,32,35)(H,33,34). The Kier molecular flexibility index (Phi) is 6.57. The third kappa shape index (κ3) is 5.00. The van der Waals surface area contributed by atoms with E-state index in [2.05, 4.69) is 25.4 Å². The van der Waals surface area contributed by atoms with E-state index in [4.69, 9.17) is 26.0 Å². The third-order valence-corrected chi connectivity index (χ3v) is 6.06. The summed E-state index contributed by atoms with van der Waals surface area (Å²) in [5.74, 6) is -0.639. The van der Waals surface area contributed by atoms with Gasteiger partial charge >= 0.3 is 12.1 Å². The smallest absolute Gasteiger partial charge is 0.412 e. The van der Waals surface area contributed by atoms with E-state index in [9.17, 15) is 9.59 Å². The molecule has 2 aromatic carbocycles. The van der Waals surface area contributed by atoms with E-state index in [1.165, 1.54) is 12.5 Å². The number of hydrogen-bond acceptors (Lipinski definition) is 7. The first-order chi connectivity index (χ1) is 17.9. The number of rotatable bonds is 7. The number of carboxylic acid groups (broad SMARTS) is 1. The number of aromatic nitrogens is 4. The molecule has 1 unspecified atom stereocenters. The number of pyridine rings is 1. The molecule has 0 bridgehead atoms. The Morgan fingerprint density at radius 1 is 1.14 bits per heavy atom. The molecule has 37 heavy (non-hydrogen) atoms. The minimum absolute atomic E-state index is 0.0625. The zero-order valence-electron chi connectivity index (χ0n) is 19.4. The van der Waals surface area contributed by atoms with Crippen molar-refractivity contribution in [3.8, 4) is 22.6 Å². The summed E-state index contributed by atoms with van der Waals surface area (Å²) in [6.07, 6.45) is 3.12. The van der Waals surface area contributed by atoms with Crippen molar-refractivity contribution in [1.29, 1.82) is 0 Å². The van der Waals surface area contributed by atoms with Gasteiger partial charge in [0, 0.05) is 22.3 Å². The molecule has 1 amide bonds. The minimum Gasteiger partial charge on any atom is -0.481 e. The van der Waals surface area contributed by atoms with Crippen LogP contribution in [0.4, 0.5) is 10.5 Å². The maximum absolute atomic E-state index is 12.6. The summed E-state index contributed by atoms with van der Waals surface area (Å²) in [5.41, 5.74) is 4.75. The van der Waals surface area contributed by atoms with Crippen molar-refractivity contribution in [1.82, 2.24) is 20.1 Å². The van der Waals surface area contributed by atoms with Crippen molar-refractivity contribution in [3.63, 3.8) is 0 Å². The third-order valence-electron chi connectivity index (χ3n) is 5.72. The first-order valence-corrected chi connectivity index (χ1v) is 11.6. The van der Waals surface area contributed by atoms with Crippen molar-refractivity contribution in [2.24, 2.45) is 0 Å². The zero-order chi connectivity index (χ0) is 25.9. The van der Waals surface area contributed by atoms with Crippen molar-refractivity contribution in [2.75, 3.05) is 5.32 Å². The molecule has 0 fully saturated rings. The van der Waals surface area contributed by atoms with Gasteiger partial charge in [-0.2, -0.15) is 0 Å². The SMILES string of the molecule is CC(OC(=O)Nc1cnoc1-c1cnc(-c2ccc(CC(=O)O)cc2)c2[nH]cnc12)c1ccccc1Cl. The number of anilines is 1. The molecule has 0 saturated carbocycles. The van der Waals surface area contributed by atoms with Gasteiger partial charge in [-0.05, 0) is 18.6 Å². The Hall–Kier alpha value is -4.70. The van der Waals surface area contributed by atoms with Gasteiger partial charge in [0.2, 0.25) is 0 Å². The van der Waals surface area contributed by atoms with Crippen LogP contribution in [0.2, 0.25) is 5.02 Å². The lowest BCUT2D eigenvalue weighted by Gasteiger charge is -2.15. The number of carboxylic acids is 1. The van der Waals surface area contributed by atoms with Gasteiger partial charge in [-0.25, -0.2) is 9.78 Å². The van der Waals surface area contributed by atoms with Crippen LogP contribution in [0.25, 0.3) is 33.6 Å². The lowest BCUT2D eigenvalue weighted by molar-refractivity contribution is -0.136. The molecule has 0 aliphatic rings. The van der Waals surface area contributed by atoms with Crippen LogP contribution in [0.15, 0.2) is 71.8 Å². The number of aromatic amines is 1. The highest BCUT2D eigenvalue weighted by Crippen LogP contribution is 2.35. The fraction of sp³-hybridized carbons (Fsp3) is 0.115. The van der Waals surface area contributed by atoms with Crippen LogP contribution >= 0.6 is 11.6 Å². The predicted octanol–water partition coefficient (Wildman–Crippen LogP) is 5.87. The Balaban J connectivity index is 1.40. The Labute approximate surface area is 215 Å². The molecule has 3 heterocycles. The van der Waals surface area contributed by atoms with Crippen LogP contribution in [0.1, 0.15) is 24.2 Å². The number of fused-ring (bicyclic) bond motifs is 1. The molecule has 5 aromatic rings. The van der Waals surface area contributed by atoms with E-state index in [0.29, 0.717) is 38.4 Å². The monoisotopic (exact) mass is 517 g/mol. The Bertz CT molecular complexity index is 1590. The molecule has 0 aliphatic carbocycles. The highest BCUT2D eigenvalue weighted by atomic mass is 35.5. The Morgan fingerprint density at radius 2 is 1.92 bits per heavy atom. The molecule has 3 aromatic heterocycles. The molecular formula is C26H20ClN5O5. The second-order valence-electron chi connectivity index (χ2n) is 8.18. The minimum atomic E-state index is -0.898. The van der Waals surface area contributed by atoms with Gasteiger partial charge in [0.15, 0.2) is 5.76 Å². The number of H-pyrrole nitrogens is 1. The van der Waals surface area contributed by atoms with E-state index in [1.54, 1.807) is 55.6 Å². The average molecular weight is 518 g/mol.